The Labute approximate surface area is 149 Å². The van der Waals surface area contributed by atoms with E-state index in [1.54, 1.807) is 0 Å². The Kier molecular flexibility index (Phi) is 3.95. The van der Waals surface area contributed by atoms with Gasteiger partial charge >= 0.3 is 0 Å². The molecule has 24 heavy (non-hydrogen) atoms. The number of hydrogen-bond acceptors (Lipinski definition) is 2. The minimum atomic E-state index is -0.241. The predicted octanol–water partition coefficient (Wildman–Crippen LogP) is 4.88. The van der Waals surface area contributed by atoms with Crippen LogP contribution >= 0.6 is 9.41 Å². The fourth-order valence-corrected chi connectivity index (χ4v) is 6.44. The number of hydrogen-bond donors (Lipinski definition) is 1. The fourth-order valence-electron chi connectivity index (χ4n) is 6.31. The Balaban J connectivity index is 1.68. The maximum Gasteiger partial charge on any atom is 0.122 e. The monoisotopic (exact) mass is 346 g/mol. The molecule has 3 aliphatic rings. The van der Waals surface area contributed by atoms with E-state index in [1.165, 1.54) is 42.4 Å². The first kappa shape index (κ1) is 15.4. The van der Waals surface area contributed by atoms with E-state index in [0.717, 1.165) is 24.0 Å². The van der Waals surface area contributed by atoms with Crippen molar-refractivity contribution in [2.75, 3.05) is 6.61 Å². The first-order valence-corrected chi connectivity index (χ1v) is 9.76. The Bertz CT molecular complexity index is 688. The maximum absolute atomic E-state index is 9.41. The van der Waals surface area contributed by atoms with Crippen molar-refractivity contribution in [1.29, 1.82) is 1.28 Å². The Morgan fingerprint density at radius 2 is 2.33 bits per heavy atom. The summed E-state index contributed by atoms with van der Waals surface area (Å²) in [6, 6.07) is 6.52. The summed E-state index contributed by atoms with van der Waals surface area (Å²) in [6.45, 7) is 5.07. The van der Waals surface area contributed by atoms with E-state index in [9.17, 15) is 5.11 Å². The molecule has 0 radical (unpaired) electrons. The van der Waals surface area contributed by atoms with Crippen molar-refractivity contribution >= 4 is 9.41 Å². The van der Waals surface area contributed by atoms with Gasteiger partial charge in [-0.3, -0.25) is 0 Å². The second-order valence-corrected chi connectivity index (χ2v) is 8.55. The molecule has 0 heterocycles. The van der Waals surface area contributed by atoms with Crippen LogP contribution in [0, 0.1) is 23.2 Å². The van der Waals surface area contributed by atoms with Gasteiger partial charge in [0.25, 0.3) is 0 Å². The molecule has 3 aliphatic carbocycles. The van der Waals surface area contributed by atoms with Gasteiger partial charge in [-0.25, -0.2) is 0 Å². The quantitative estimate of drug-likeness (QED) is 0.624. The van der Waals surface area contributed by atoms with Crippen LogP contribution in [0.1, 0.15) is 56.6 Å². The van der Waals surface area contributed by atoms with E-state index in [2.05, 4.69) is 38.1 Å². The second kappa shape index (κ2) is 6.15. The number of benzene rings is 1. The molecule has 0 saturated heterocycles. The third kappa shape index (κ3) is 2.37. The number of fused-ring (bicyclic) bond motifs is 5. The minimum absolute atomic E-state index is 0.184. The molecule has 6 atom stereocenters. The van der Waals surface area contributed by atoms with E-state index in [-0.39, 0.29) is 16.0 Å². The zero-order valence-corrected chi connectivity index (χ0v) is 15.7. The summed E-state index contributed by atoms with van der Waals surface area (Å²) in [5.74, 6) is 3.70. The standard InChI is InChI=1S/C21H29O2P/c1-13-11-14-12-16(23-24)4-5-17(14)18-7-9-21(2)15(8-10-22)3-6-19(21)20(13)18/h4-5,8,12-13,18-20,22H,3,6-7,9-11,24H2,1-2H3/t13-,18?,19?,20?,21?/m1/s1/i24T/t13-,18?,19?,20?,21?,24?. The normalized spacial score (nSPS) is 40.3. The van der Waals surface area contributed by atoms with Gasteiger partial charge in [0.2, 0.25) is 0 Å². The minimum Gasteiger partial charge on any atom is -0.480 e. The molecular weight excluding hydrogens is 315 g/mol. The summed E-state index contributed by atoms with van der Waals surface area (Å²) in [4.78, 5) is 0. The van der Waals surface area contributed by atoms with Crippen LogP contribution in [0.2, 0.25) is 0 Å². The van der Waals surface area contributed by atoms with Crippen molar-refractivity contribution in [2.45, 2.75) is 51.9 Å². The van der Waals surface area contributed by atoms with Crippen LogP contribution in [0.15, 0.2) is 29.8 Å². The van der Waals surface area contributed by atoms with Crippen LogP contribution in [0.4, 0.5) is 0 Å². The van der Waals surface area contributed by atoms with Crippen LogP contribution in [0.25, 0.3) is 0 Å². The van der Waals surface area contributed by atoms with Gasteiger partial charge in [-0.05, 0) is 84.5 Å². The number of rotatable bonds is 3. The fraction of sp³-hybridized carbons (Fsp3) is 0.619. The number of aliphatic hydroxyl groups is 1. The molecular formula is C21H29O2P. The number of allylic oxidation sites excluding steroid dienone is 1. The second-order valence-electron chi connectivity index (χ2n) is 8.34. The zero-order valence-electron chi connectivity index (χ0n) is 15.7. The average molecular weight is 346 g/mol. The lowest BCUT2D eigenvalue weighted by Crippen LogP contribution is -2.43. The topological polar surface area (TPSA) is 29.5 Å². The van der Waals surface area contributed by atoms with E-state index in [1.807, 2.05) is 0 Å². The molecule has 2 fully saturated rings. The molecule has 0 aromatic heterocycles. The Hall–Kier alpha value is -0.850. The van der Waals surface area contributed by atoms with Crippen LogP contribution < -0.4 is 4.52 Å². The van der Waals surface area contributed by atoms with Gasteiger partial charge in [-0.15, -0.1) is 0 Å². The largest absolute Gasteiger partial charge is 0.480 e. The van der Waals surface area contributed by atoms with Crippen molar-refractivity contribution in [3.05, 3.63) is 41.0 Å². The van der Waals surface area contributed by atoms with Gasteiger partial charge in [0.1, 0.15) is 5.75 Å². The van der Waals surface area contributed by atoms with Crippen molar-refractivity contribution in [1.82, 2.24) is 0 Å². The third-order valence-corrected chi connectivity index (χ3v) is 7.58. The molecule has 3 heteroatoms. The third-order valence-electron chi connectivity index (χ3n) is 7.35. The summed E-state index contributed by atoms with van der Waals surface area (Å²) in [5.41, 5.74) is 4.78. The van der Waals surface area contributed by atoms with Crippen LogP contribution in [0.5, 0.6) is 5.75 Å². The highest BCUT2D eigenvalue weighted by Crippen LogP contribution is 2.63. The van der Waals surface area contributed by atoms with Crippen LogP contribution in [-0.2, 0) is 6.42 Å². The molecule has 5 unspecified atom stereocenters. The van der Waals surface area contributed by atoms with Crippen molar-refractivity contribution in [2.24, 2.45) is 23.2 Å². The maximum atomic E-state index is 9.41. The van der Waals surface area contributed by atoms with Gasteiger partial charge in [0, 0.05) is 0 Å². The molecule has 2 nitrogen and oxygen atoms in total. The van der Waals surface area contributed by atoms with Crippen molar-refractivity contribution < 1.29 is 9.63 Å². The summed E-state index contributed by atoms with van der Waals surface area (Å²) in [5, 5.41) is 9.41. The first-order valence-electron chi connectivity index (χ1n) is 9.85. The highest BCUT2D eigenvalue weighted by molar-refractivity contribution is 7.10. The van der Waals surface area contributed by atoms with Crippen molar-refractivity contribution in [3.63, 3.8) is 0 Å². The molecule has 4 rings (SSSR count). The van der Waals surface area contributed by atoms with Crippen molar-refractivity contribution in [3.8, 4) is 5.75 Å². The highest BCUT2D eigenvalue weighted by atomic mass is 31.0. The molecule has 0 spiro atoms. The van der Waals surface area contributed by atoms with Gasteiger partial charge in [0.05, 0.1) is 17.3 Å². The molecule has 2 saturated carbocycles. The SMILES string of the molecule is [3H]POc1ccc2c(c1)C[C@@H](C)C1C2CCC2(C)C(=CCO)CCC12. The smallest absolute Gasteiger partial charge is 0.122 e. The van der Waals surface area contributed by atoms with E-state index < -0.39 is 0 Å². The lowest BCUT2D eigenvalue weighted by Gasteiger charge is -2.52. The van der Waals surface area contributed by atoms with Gasteiger partial charge in [0.15, 0.2) is 0 Å². The Morgan fingerprint density at radius 3 is 3.12 bits per heavy atom. The highest BCUT2D eigenvalue weighted by Gasteiger charge is 2.54. The molecule has 1 aromatic carbocycles. The lowest BCUT2D eigenvalue weighted by molar-refractivity contribution is 0.0488. The molecule has 1 aromatic rings. The molecule has 0 aliphatic heterocycles. The summed E-state index contributed by atoms with van der Waals surface area (Å²) < 4.78 is 12.7. The van der Waals surface area contributed by atoms with Gasteiger partial charge in [-0.1, -0.05) is 31.6 Å². The Morgan fingerprint density at radius 1 is 1.46 bits per heavy atom. The molecule has 1 N–H and O–H groups in total. The molecule has 0 bridgehead atoms. The average Bonchev–Trinajstić information content (AvgIpc) is 2.92. The van der Waals surface area contributed by atoms with Gasteiger partial charge < -0.3 is 9.63 Å². The van der Waals surface area contributed by atoms with E-state index in [4.69, 9.17) is 5.80 Å². The van der Waals surface area contributed by atoms with Crippen LogP contribution in [0.3, 0.4) is 0 Å². The zero-order chi connectivity index (χ0) is 17.6. The van der Waals surface area contributed by atoms with E-state index >= 15 is 0 Å². The number of aliphatic hydroxyl groups excluding tert-OH is 1. The molecule has 130 valence electrons. The van der Waals surface area contributed by atoms with Gasteiger partial charge in [-0.2, -0.15) is 0 Å². The first-order chi connectivity index (χ1) is 12.1. The molecule has 0 amide bonds. The summed E-state index contributed by atoms with van der Waals surface area (Å²) in [6.07, 6.45) is 8.15. The predicted molar refractivity (Wildman–Crippen MR) is 101 cm³/mol. The lowest BCUT2D eigenvalue weighted by atomic mass is 9.52. The summed E-state index contributed by atoms with van der Waals surface area (Å²) >= 11 is 0. The van der Waals surface area contributed by atoms with E-state index in [0.29, 0.717) is 17.3 Å². The van der Waals surface area contributed by atoms with Crippen LogP contribution in [-0.4, -0.2) is 13.0 Å². The summed E-state index contributed by atoms with van der Waals surface area (Å²) in [7, 11) is -0.241.